The van der Waals surface area contributed by atoms with E-state index in [1.54, 1.807) is 13.8 Å². The average molecular weight is 337 g/mol. The predicted octanol–water partition coefficient (Wildman–Crippen LogP) is 3.13. The van der Waals surface area contributed by atoms with Gasteiger partial charge in [0.25, 0.3) is 0 Å². The highest BCUT2D eigenvalue weighted by Crippen LogP contribution is 2.27. The van der Waals surface area contributed by atoms with Crippen molar-refractivity contribution in [2.24, 2.45) is 0 Å². The van der Waals surface area contributed by atoms with Crippen LogP contribution in [0.1, 0.15) is 30.9 Å². The highest BCUT2D eigenvalue weighted by molar-refractivity contribution is 5.87. The molecule has 0 radical (unpaired) electrons. The normalized spacial score (nSPS) is 12.0. The molecule has 0 saturated heterocycles. The van der Waals surface area contributed by atoms with Crippen LogP contribution in [0.2, 0.25) is 0 Å². The Kier molecular flexibility index (Phi) is 5.21. The average Bonchev–Trinajstić information content (AvgIpc) is 2.55. The molecule has 1 aromatic carbocycles. The van der Waals surface area contributed by atoms with Gasteiger partial charge in [-0.15, -0.1) is 0 Å². The summed E-state index contributed by atoms with van der Waals surface area (Å²) in [5.74, 6) is -0.164. The van der Waals surface area contributed by atoms with Crippen molar-refractivity contribution in [1.29, 1.82) is 0 Å². The number of nitrogens with zero attached hydrogens (tertiary/aromatic N) is 2. The summed E-state index contributed by atoms with van der Waals surface area (Å²) in [5.41, 5.74) is -0.864. The van der Waals surface area contributed by atoms with Crippen LogP contribution in [0.3, 0.4) is 0 Å². The molecule has 2 rings (SSSR count). The number of nitrogens with one attached hydrogen (secondary N) is 1. The number of aromatic nitrogens is 2. The Morgan fingerprint density at radius 3 is 2.42 bits per heavy atom. The second-order valence-corrected chi connectivity index (χ2v) is 5.85. The zero-order chi connectivity index (χ0) is 17.8. The third kappa shape index (κ3) is 4.31. The third-order valence-electron chi connectivity index (χ3n) is 3.69. The topological polar surface area (TPSA) is 54.9 Å². The summed E-state index contributed by atoms with van der Waals surface area (Å²) in [5, 5.41) is 2.73. The molecule has 0 aliphatic heterocycles. The lowest BCUT2D eigenvalue weighted by Gasteiger charge is -2.24. The number of alkyl halides is 3. The molecule has 0 fully saturated rings. The third-order valence-corrected chi connectivity index (χ3v) is 3.69. The van der Waals surface area contributed by atoms with Gasteiger partial charge in [0.15, 0.2) is 0 Å². The van der Waals surface area contributed by atoms with E-state index in [0.29, 0.717) is 0 Å². The first kappa shape index (κ1) is 17.9. The van der Waals surface area contributed by atoms with Crippen molar-refractivity contribution in [2.45, 2.75) is 31.9 Å². The van der Waals surface area contributed by atoms with Gasteiger partial charge in [0, 0.05) is 19.2 Å². The van der Waals surface area contributed by atoms with Gasteiger partial charge in [-0.05, 0) is 25.5 Å². The molecule has 2 aromatic rings. The number of amides is 1. The van der Waals surface area contributed by atoms with E-state index < -0.39 is 17.3 Å². The van der Waals surface area contributed by atoms with Gasteiger partial charge in [0.05, 0.1) is 5.41 Å². The number of halogens is 3. The van der Waals surface area contributed by atoms with Gasteiger partial charge in [-0.2, -0.15) is 13.2 Å². The minimum absolute atomic E-state index is 0.0441. The van der Waals surface area contributed by atoms with Crippen LogP contribution in [-0.2, 0) is 22.8 Å². The number of carbonyl (C=O) groups excluding carboxylic acids is 1. The van der Waals surface area contributed by atoms with Crippen LogP contribution in [-0.4, -0.2) is 22.4 Å². The molecule has 0 unspecified atom stereocenters. The Hall–Kier alpha value is -2.44. The first-order valence-electron chi connectivity index (χ1n) is 7.44. The molecule has 4 nitrogen and oxygen atoms in total. The second kappa shape index (κ2) is 6.98. The molecule has 1 N–H and O–H groups in total. The van der Waals surface area contributed by atoms with Crippen molar-refractivity contribution in [2.75, 3.05) is 6.54 Å². The highest BCUT2D eigenvalue weighted by atomic mass is 19.4. The minimum atomic E-state index is -4.50. The second-order valence-electron chi connectivity index (χ2n) is 5.85. The van der Waals surface area contributed by atoms with Crippen LogP contribution in [0.25, 0.3) is 0 Å². The molecule has 1 aromatic heterocycles. The van der Waals surface area contributed by atoms with Gasteiger partial charge >= 0.3 is 6.18 Å². The molecule has 0 bridgehead atoms. The zero-order valence-electron chi connectivity index (χ0n) is 13.4. The van der Waals surface area contributed by atoms with E-state index in [0.717, 1.165) is 17.8 Å². The number of hydrogen-bond donors (Lipinski definition) is 1. The molecule has 24 heavy (non-hydrogen) atoms. The van der Waals surface area contributed by atoms with Gasteiger partial charge in [0.1, 0.15) is 11.5 Å². The van der Waals surface area contributed by atoms with Crippen LogP contribution in [0.5, 0.6) is 0 Å². The molecular weight excluding hydrogens is 319 g/mol. The summed E-state index contributed by atoms with van der Waals surface area (Å²) in [6.45, 7) is 3.74. The molecule has 7 heteroatoms. The maximum atomic E-state index is 12.6. The zero-order valence-corrected chi connectivity index (χ0v) is 13.4. The summed E-state index contributed by atoms with van der Waals surface area (Å²) >= 11 is 0. The summed E-state index contributed by atoms with van der Waals surface area (Å²) in [4.78, 5) is 19.6. The Bertz CT molecular complexity index is 700. The van der Waals surface area contributed by atoms with Crippen LogP contribution in [0, 0.1) is 0 Å². The summed E-state index contributed by atoms with van der Waals surface area (Å²) in [6, 6.07) is 10.1. The first-order chi connectivity index (χ1) is 11.2. The fraction of sp³-hybridized carbons (Fsp3) is 0.353. The van der Waals surface area contributed by atoms with E-state index >= 15 is 0 Å². The minimum Gasteiger partial charge on any atom is -0.355 e. The maximum absolute atomic E-state index is 12.6. The van der Waals surface area contributed by atoms with Crippen LogP contribution in [0.4, 0.5) is 13.2 Å². The summed E-state index contributed by atoms with van der Waals surface area (Å²) in [7, 11) is 0. The van der Waals surface area contributed by atoms with Gasteiger partial charge < -0.3 is 5.32 Å². The van der Waals surface area contributed by atoms with Crippen molar-refractivity contribution >= 4 is 5.91 Å². The molecule has 0 atom stereocenters. The summed E-state index contributed by atoms with van der Waals surface area (Å²) < 4.78 is 37.8. The quantitative estimate of drug-likeness (QED) is 0.912. The molecule has 1 heterocycles. The molecule has 128 valence electrons. The lowest BCUT2D eigenvalue weighted by Crippen LogP contribution is -2.41. The lowest BCUT2D eigenvalue weighted by molar-refractivity contribution is -0.141. The van der Waals surface area contributed by atoms with E-state index in [9.17, 15) is 18.0 Å². The summed E-state index contributed by atoms with van der Waals surface area (Å²) in [6.07, 6.45) is -3.31. The Balaban J connectivity index is 1.96. The number of carbonyl (C=O) groups is 1. The van der Waals surface area contributed by atoms with E-state index in [2.05, 4.69) is 15.3 Å². The molecule has 0 aliphatic rings. The van der Waals surface area contributed by atoms with Crippen molar-refractivity contribution in [3.05, 3.63) is 59.7 Å². The number of hydrogen-bond acceptors (Lipinski definition) is 3. The van der Waals surface area contributed by atoms with Crippen molar-refractivity contribution in [3.8, 4) is 0 Å². The first-order valence-corrected chi connectivity index (χ1v) is 7.44. The number of rotatable bonds is 5. The highest BCUT2D eigenvalue weighted by Gasteiger charge is 2.33. The Morgan fingerprint density at radius 2 is 1.79 bits per heavy atom. The number of benzene rings is 1. The fourth-order valence-corrected chi connectivity index (χ4v) is 2.17. The SMILES string of the molecule is CC(C)(C(=O)NCCc1nccc(C(F)(F)F)n1)c1ccccc1. The van der Waals surface area contributed by atoms with Crippen molar-refractivity contribution < 1.29 is 18.0 Å². The largest absolute Gasteiger partial charge is 0.433 e. The van der Waals surface area contributed by atoms with Gasteiger partial charge in [0.2, 0.25) is 5.91 Å². The Labute approximate surface area is 138 Å². The predicted molar refractivity (Wildman–Crippen MR) is 83.2 cm³/mol. The molecular formula is C17H18F3N3O. The smallest absolute Gasteiger partial charge is 0.355 e. The standard InChI is InChI=1S/C17H18F3N3O/c1-16(2,12-6-4-3-5-7-12)15(24)22-11-9-14-21-10-8-13(23-14)17(18,19)20/h3-8,10H,9,11H2,1-2H3,(H,22,24). The van der Waals surface area contributed by atoms with Gasteiger partial charge in [-0.25, -0.2) is 9.97 Å². The van der Waals surface area contributed by atoms with Crippen molar-refractivity contribution in [1.82, 2.24) is 15.3 Å². The van der Waals surface area contributed by atoms with Crippen LogP contribution >= 0.6 is 0 Å². The van der Waals surface area contributed by atoms with Crippen molar-refractivity contribution in [3.63, 3.8) is 0 Å². The van der Waals surface area contributed by atoms with Crippen LogP contribution in [0.15, 0.2) is 42.6 Å². The molecule has 0 saturated carbocycles. The van der Waals surface area contributed by atoms with E-state index in [1.807, 2.05) is 30.3 Å². The van der Waals surface area contributed by atoms with Crippen LogP contribution < -0.4 is 5.32 Å². The molecule has 0 aliphatic carbocycles. The molecule has 1 amide bonds. The van der Waals surface area contributed by atoms with Gasteiger partial charge in [-0.1, -0.05) is 30.3 Å². The fourth-order valence-electron chi connectivity index (χ4n) is 2.17. The van der Waals surface area contributed by atoms with Gasteiger partial charge in [-0.3, -0.25) is 4.79 Å². The maximum Gasteiger partial charge on any atom is 0.433 e. The van der Waals surface area contributed by atoms with E-state index in [1.165, 1.54) is 0 Å². The van der Waals surface area contributed by atoms with E-state index in [4.69, 9.17) is 0 Å². The lowest BCUT2D eigenvalue weighted by atomic mass is 9.84. The molecule has 0 spiro atoms. The monoisotopic (exact) mass is 337 g/mol. The Morgan fingerprint density at radius 1 is 1.12 bits per heavy atom. The van der Waals surface area contributed by atoms with E-state index in [-0.39, 0.29) is 24.7 Å².